The molecule has 2 aromatic rings. The molecule has 0 saturated heterocycles. The highest BCUT2D eigenvalue weighted by Gasteiger charge is 2.30. The first kappa shape index (κ1) is 14.7. The third kappa shape index (κ3) is 2.73. The maximum absolute atomic E-state index is 11.3. The topological polar surface area (TPSA) is 88.2 Å². The largest absolute Gasteiger partial charge is 0.476 e. The SMILES string of the molecule is CC(C)C(C)(O)Cn1nnc(C(=O)O)c1-c1cccs1. The van der Waals surface area contributed by atoms with Crippen LogP contribution in [-0.2, 0) is 6.54 Å². The van der Waals surface area contributed by atoms with Crippen LogP contribution in [0, 0.1) is 5.92 Å². The van der Waals surface area contributed by atoms with E-state index in [1.807, 2.05) is 31.4 Å². The zero-order valence-corrected chi connectivity index (χ0v) is 12.4. The van der Waals surface area contributed by atoms with Gasteiger partial charge in [0.1, 0.15) is 5.69 Å². The van der Waals surface area contributed by atoms with Gasteiger partial charge in [-0.2, -0.15) is 0 Å². The Bertz CT molecular complexity index is 602. The summed E-state index contributed by atoms with van der Waals surface area (Å²) >= 11 is 1.41. The molecule has 7 heteroatoms. The van der Waals surface area contributed by atoms with Crippen LogP contribution in [0.25, 0.3) is 10.6 Å². The summed E-state index contributed by atoms with van der Waals surface area (Å²) in [5, 5.41) is 29.1. The van der Waals surface area contributed by atoms with Crippen LogP contribution in [-0.4, -0.2) is 36.8 Å². The predicted octanol–water partition coefficient (Wildman–Crippen LogP) is 2.11. The molecule has 1 atom stereocenters. The Kier molecular flexibility index (Phi) is 3.92. The quantitative estimate of drug-likeness (QED) is 0.882. The van der Waals surface area contributed by atoms with Gasteiger partial charge >= 0.3 is 5.97 Å². The number of hydrogen-bond acceptors (Lipinski definition) is 5. The van der Waals surface area contributed by atoms with Crippen LogP contribution in [0.4, 0.5) is 0 Å². The molecule has 0 spiro atoms. The van der Waals surface area contributed by atoms with Crippen LogP contribution in [0.2, 0.25) is 0 Å². The Morgan fingerprint density at radius 2 is 2.25 bits per heavy atom. The average Bonchev–Trinajstić information content (AvgIpc) is 2.95. The Hall–Kier alpha value is -1.73. The lowest BCUT2D eigenvalue weighted by Gasteiger charge is -2.27. The summed E-state index contributed by atoms with van der Waals surface area (Å²) < 4.78 is 1.47. The van der Waals surface area contributed by atoms with Crippen LogP contribution in [0.3, 0.4) is 0 Å². The maximum atomic E-state index is 11.3. The third-order valence-electron chi connectivity index (χ3n) is 3.41. The first-order valence-electron chi connectivity index (χ1n) is 6.26. The molecule has 0 radical (unpaired) electrons. The van der Waals surface area contributed by atoms with Gasteiger partial charge in [0, 0.05) is 0 Å². The number of carboxylic acids is 1. The summed E-state index contributed by atoms with van der Waals surface area (Å²) in [6, 6.07) is 3.65. The van der Waals surface area contributed by atoms with Gasteiger partial charge in [0.25, 0.3) is 0 Å². The first-order valence-corrected chi connectivity index (χ1v) is 7.14. The fourth-order valence-corrected chi connectivity index (χ4v) is 2.49. The highest BCUT2D eigenvalue weighted by Crippen LogP contribution is 2.29. The van der Waals surface area contributed by atoms with Gasteiger partial charge < -0.3 is 10.2 Å². The molecule has 0 bridgehead atoms. The van der Waals surface area contributed by atoms with E-state index in [1.165, 1.54) is 16.0 Å². The van der Waals surface area contributed by atoms with E-state index < -0.39 is 11.6 Å². The molecular weight excluding hydrogens is 278 g/mol. The highest BCUT2D eigenvalue weighted by molar-refractivity contribution is 7.13. The Labute approximate surface area is 120 Å². The van der Waals surface area contributed by atoms with Crippen molar-refractivity contribution in [3.05, 3.63) is 23.2 Å². The second-order valence-electron chi connectivity index (χ2n) is 5.24. The van der Waals surface area contributed by atoms with Gasteiger partial charge in [-0.1, -0.05) is 25.1 Å². The summed E-state index contributed by atoms with van der Waals surface area (Å²) in [7, 11) is 0. The van der Waals surface area contributed by atoms with Crippen molar-refractivity contribution in [2.24, 2.45) is 5.92 Å². The minimum Gasteiger partial charge on any atom is -0.476 e. The molecule has 2 rings (SSSR count). The molecule has 2 N–H and O–H groups in total. The van der Waals surface area contributed by atoms with E-state index in [0.717, 1.165) is 4.88 Å². The van der Waals surface area contributed by atoms with Gasteiger partial charge in [-0.25, -0.2) is 9.48 Å². The molecule has 108 valence electrons. The molecule has 20 heavy (non-hydrogen) atoms. The fourth-order valence-electron chi connectivity index (χ4n) is 1.71. The number of carboxylic acid groups (broad SMARTS) is 1. The van der Waals surface area contributed by atoms with Gasteiger partial charge in [-0.05, 0) is 24.3 Å². The van der Waals surface area contributed by atoms with Crippen molar-refractivity contribution in [2.75, 3.05) is 0 Å². The van der Waals surface area contributed by atoms with Crippen LogP contribution in [0.5, 0.6) is 0 Å². The third-order valence-corrected chi connectivity index (χ3v) is 4.28. The molecule has 0 saturated carbocycles. The molecule has 0 aliphatic carbocycles. The Morgan fingerprint density at radius 1 is 1.55 bits per heavy atom. The van der Waals surface area contributed by atoms with E-state index in [9.17, 15) is 15.0 Å². The predicted molar refractivity (Wildman–Crippen MR) is 75.8 cm³/mol. The molecule has 1 unspecified atom stereocenters. The number of rotatable bonds is 5. The minimum absolute atomic E-state index is 0.0103. The van der Waals surface area contributed by atoms with Crippen LogP contribution >= 0.6 is 11.3 Å². The summed E-state index contributed by atoms with van der Waals surface area (Å²) in [5.74, 6) is -1.11. The number of thiophene rings is 1. The number of aromatic nitrogens is 3. The number of nitrogens with zero attached hydrogens (tertiary/aromatic N) is 3. The monoisotopic (exact) mass is 295 g/mol. The summed E-state index contributed by atoms with van der Waals surface area (Å²) in [6.45, 7) is 5.70. The van der Waals surface area contributed by atoms with E-state index in [4.69, 9.17) is 0 Å². The van der Waals surface area contributed by atoms with Crippen LogP contribution < -0.4 is 0 Å². The van der Waals surface area contributed by atoms with Crippen molar-refractivity contribution >= 4 is 17.3 Å². The van der Waals surface area contributed by atoms with Crippen molar-refractivity contribution in [1.82, 2.24) is 15.0 Å². The van der Waals surface area contributed by atoms with E-state index in [2.05, 4.69) is 10.3 Å². The summed E-state index contributed by atoms with van der Waals surface area (Å²) in [4.78, 5) is 12.0. The van der Waals surface area contributed by atoms with Gasteiger partial charge in [0.05, 0.1) is 17.0 Å². The summed E-state index contributed by atoms with van der Waals surface area (Å²) in [5.41, 5.74) is -0.643. The van der Waals surface area contributed by atoms with E-state index in [0.29, 0.717) is 5.69 Å². The maximum Gasteiger partial charge on any atom is 0.358 e. The minimum atomic E-state index is -1.12. The second kappa shape index (κ2) is 5.34. The van der Waals surface area contributed by atoms with E-state index >= 15 is 0 Å². The normalized spacial score (nSPS) is 14.4. The number of aliphatic hydroxyl groups is 1. The van der Waals surface area contributed by atoms with Gasteiger partial charge in [-0.15, -0.1) is 16.4 Å². The molecule has 0 aliphatic rings. The van der Waals surface area contributed by atoms with E-state index in [1.54, 1.807) is 6.92 Å². The lowest BCUT2D eigenvalue weighted by Crippen LogP contribution is -2.36. The number of carbonyl (C=O) groups is 1. The van der Waals surface area contributed by atoms with Gasteiger partial charge in [0.2, 0.25) is 0 Å². The van der Waals surface area contributed by atoms with Crippen LogP contribution in [0.1, 0.15) is 31.3 Å². The van der Waals surface area contributed by atoms with Crippen molar-refractivity contribution in [2.45, 2.75) is 32.9 Å². The molecule has 0 fully saturated rings. The first-order chi connectivity index (χ1) is 9.33. The zero-order chi connectivity index (χ0) is 14.9. The molecule has 0 aliphatic heterocycles. The summed E-state index contributed by atoms with van der Waals surface area (Å²) in [6.07, 6.45) is 0. The molecule has 2 heterocycles. The molecule has 6 nitrogen and oxygen atoms in total. The van der Waals surface area contributed by atoms with Gasteiger partial charge in [0.15, 0.2) is 5.69 Å². The standard InChI is InChI=1S/C13H17N3O3S/c1-8(2)13(3,19)7-16-11(9-5-4-6-20-9)10(12(17)18)14-15-16/h4-6,8,19H,7H2,1-3H3,(H,17,18). The van der Waals surface area contributed by atoms with Crippen molar-refractivity contribution < 1.29 is 15.0 Å². The molecular formula is C13H17N3O3S. The zero-order valence-electron chi connectivity index (χ0n) is 11.6. The van der Waals surface area contributed by atoms with Crippen molar-refractivity contribution in [1.29, 1.82) is 0 Å². The highest BCUT2D eigenvalue weighted by atomic mass is 32.1. The number of aromatic carboxylic acids is 1. The lowest BCUT2D eigenvalue weighted by molar-refractivity contribution is -0.00568. The number of hydrogen-bond donors (Lipinski definition) is 2. The van der Waals surface area contributed by atoms with Gasteiger partial charge in [-0.3, -0.25) is 0 Å². The lowest BCUT2D eigenvalue weighted by atomic mass is 9.92. The second-order valence-corrected chi connectivity index (χ2v) is 6.19. The fraction of sp³-hybridized carbons (Fsp3) is 0.462. The van der Waals surface area contributed by atoms with Crippen molar-refractivity contribution in [3.8, 4) is 10.6 Å². The smallest absolute Gasteiger partial charge is 0.358 e. The molecule has 0 amide bonds. The Morgan fingerprint density at radius 3 is 2.75 bits per heavy atom. The molecule has 0 aromatic carbocycles. The van der Waals surface area contributed by atoms with E-state index in [-0.39, 0.29) is 18.2 Å². The molecule has 2 aromatic heterocycles. The van der Waals surface area contributed by atoms with Crippen molar-refractivity contribution in [3.63, 3.8) is 0 Å². The van der Waals surface area contributed by atoms with Crippen LogP contribution in [0.15, 0.2) is 17.5 Å². The Balaban J connectivity index is 2.47. The average molecular weight is 295 g/mol.